The van der Waals surface area contributed by atoms with Crippen molar-refractivity contribution in [3.8, 4) is 11.5 Å². The number of carbonyl (C=O) groups excluding carboxylic acids is 1. The summed E-state index contributed by atoms with van der Waals surface area (Å²) < 4.78 is 0. The van der Waals surface area contributed by atoms with Crippen LogP contribution in [0.3, 0.4) is 0 Å². The summed E-state index contributed by atoms with van der Waals surface area (Å²) in [6.07, 6.45) is 4.44. The molecule has 3 rings (SSSR count). The Labute approximate surface area is 170 Å². The fourth-order valence-corrected chi connectivity index (χ4v) is 3.24. The van der Waals surface area contributed by atoms with E-state index in [0.29, 0.717) is 24.0 Å². The third kappa shape index (κ3) is 4.93. The Balaban J connectivity index is 1.67. The van der Waals surface area contributed by atoms with Gasteiger partial charge in [-0.25, -0.2) is 5.43 Å². The summed E-state index contributed by atoms with van der Waals surface area (Å²) in [5.74, 6) is 0.169. The van der Waals surface area contributed by atoms with E-state index in [1.54, 1.807) is 12.1 Å². The second kappa shape index (κ2) is 9.23. The molecule has 2 aromatic rings. The van der Waals surface area contributed by atoms with E-state index in [-0.39, 0.29) is 23.3 Å². The first kappa shape index (κ1) is 20.4. The standard InChI is InChI=1S/C22H26N4O3/c1-3-4-5-18-19(27)11-8-16(22(18)29)13-23-24-17-9-6-15(7-10-17)21-14(2)12-20(28)25-26-21/h6-11,13-14,24,27,29H,3-5,12H2,1-2H3,(H,25,28)/b23-13-. The highest BCUT2D eigenvalue weighted by molar-refractivity contribution is 6.05. The lowest BCUT2D eigenvalue weighted by molar-refractivity contribution is -0.121. The molecule has 0 aliphatic carbocycles. The number of phenols is 2. The van der Waals surface area contributed by atoms with Gasteiger partial charge in [-0.1, -0.05) is 32.4 Å². The van der Waals surface area contributed by atoms with Crippen LogP contribution in [-0.4, -0.2) is 28.0 Å². The quantitative estimate of drug-likeness (QED) is 0.424. The summed E-state index contributed by atoms with van der Waals surface area (Å²) in [7, 11) is 0. The Morgan fingerprint density at radius 3 is 2.69 bits per heavy atom. The van der Waals surface area contributed by atoms with Crippen molar-refractivity contribution < 1.29 is 15.0 Å². The summed E-state index contributed by atoms with van der Waals surface area (Å²) in [5.41, 5.74) is 9.13. The first-order chi connectivity index (χ1) is 14.0. The zero-order valence-corrected chi connectivity index (χ0v) is 16.6. The van der Waals surface area contributed by atoms with E-state index in [2.05, 4.69) is 28.0 Å². The molecule has 4 N–H and O–H groups in total. The number of carbonyl (C=O) groups is 1. The maximum atomic E-state index is 11.4. The van der Waals surface area contributed by atoms with Gasteiger partial charge >= 0.3 is 0 Å². The molecular weight excluding hydrogens is 368 g/mol. The number of hydrazone groups is 2. The van der Waals surface area contributed by atoms with Gasteiger partial charge in [0.25, 0.3) is 0 Å². The van der Waals surface area contributed by atoms with Gasteiger partial charge < -0.3 is 10.2 Å². The van der Waals surface area contributed by atoms with E-state index < -0.39 is 0 Å². The van der Waals surface area contributed by atoms with Crippen molar-refractivity contribution in [1.29, 1.82) is 0 Å². The van der Waals surface area contributed by atoms with Crippen molar-refractivity contribution in [2.24, 2.45) is 16.1 Å². The van der Waals surface area contributed by atoms with Gasteiger partial charge in [-0.15, -0.1) is 0 Å². The Hall–Kier alpha value is -3.35. The monoisotopic (exact) mass is 394 g/mol. The Morgan fingerprint density at radius 1 is 1.24 bits per heavy atom. The first-order valence-corrected chi connectivity index (χ1v) is 9.79. The molecule has 0 bridgehead atoms. The van der Waals surface area contributed by atoms with Crippen LogP contribution in [0.4, 0.5) is 5.69 Å². The molecule has 7 heteroatoms. The first-order valence-electron chi connectivity index (χ1n) is 9.79. The van der Waals surface area contributed by atoms with Crippen molar-refractivity contribution in [2.45, 2.75) is 39.5 Å². The molecule has 0 saturated carbocycles. The molecule has 29 heavy (non-hydrogen) atoms. The molecule has 1 heterocycles. The number of rotatable bonds is 7. The Morgan fingerprint density at radius 2 is 2.00 bits per heavy atom. The van der Waals surface area contributed by atoms with Gasteiger partial charge in [0.05, 0.1) is 17.6 Å². The van der Waals surface area contributed by atoms with Crippen molar-refractivity contribution >= 4 is 23.5 Å². The Bertz CT molecular complexity index is 936. The van der Waals surface area contributed by atoms with Crippen LogP contribution < -0.4 is 10.9 Å². The van der Waals surface area contributed by atoms with Gasteiger partial charge in [-0.2, -0.15) is 10.2 Å². The molecule has 0 aromatic heterocycles. The molecule has 2 aromatic carbocycles. The molecule has 1 aliphatic heterocycles. The van der Waals surface area contributed by atoms with Crippen LogP contribution in [0, 0.1) is 5.92 Å². The summed E-state index contributed by atoms with van der Waals surface area (Å²) in [4.78, 5) is 11.4. The van der Waals surface area contributed by atoms with Crippen LogP contribution in [-0.2, 0) is 11.2 Å². The minimum Gasteiger partial charge on any atom is -0.508 e. The maximum Gasteiger partial charge on any atom is 0.240 e. The van der Waals surface area contributed by atoms with Crippen LogP contribution in [0.5, 0.6) is 11.5 Å². The Kier molecular flexibility index (Phi) is 6.49. The van der Waals surface area contributed by atoms with Crippen molar-refractivity contribution in [2.75, 3.05) is 5.43 Å². The average Bonchev–Trinajstić information content (AvgIpc) is 2.70. The van der Waals surface area contributed by atoms with E-state index in [1.165, 1.54) is 6.21 Å². The van der Waals surface area contributed by atoms with E-state index in [4.69, 9.17) is 0 Å². The van der Waals surface area contributed by atoms with E-state index in [9.17, 15) is 15.0 Å². The molecule has 0 radical (unpaired) electrons. The number of nitrogens with one attached hydrogen (secondary N) is 2. The van der Waals surface area contributed by atoms with Crippen molar-refractivity contribution in [1.82, 2.24) is 5.43 Å². The molecule has 1 aliphatic rings. The lowest BCUT2D eigenvalue weighted by atomic mass is 9.94. The molecule has 1 unspecified atom stereocenters. The topological polar surface area (TPSA) is 106 Å². The van der Waals surface area contributed by atoms with Gasteiger partial charge in [0.1, 0.15) is 11.5 Å². The largest absolute Gasteiger partial charge is 0.508 e. The van der Waals surface area contributed by atoms with Crippen LogP contribution in [0.25, 0.3) is 0 Å². The van der Waals surface area contributed by atoms with Gasteiger partial charge in [0.2, 0.25) is 5.91 Å². The summed E-state index contributed by atoms with van der Waals surface area (Å²) in [6, 6.07) is 10.8. The number of nitrogens with zero attached hydrogens (tertiary/aromatic N) is 2. The third-order valence-corrected chi connectivity index (χ3v) is 4.91. The fourth-order valence-electron chi connectivity index (χ4n) is 3.24. The number of phenolic OH excluding ortho intramolecular Hbond substituents is 2. The number of unbranched alkanes of at least 4 members (excludes halogenated alkanes) is 1. The average molecular weight is 394 g/mol. The predicted molar refractivity (Wildman–Crippen MR) is 115 cm³/mol. The molecule has 152 valence electrons. The lowest BCUT2D eigenvalue weighted by Crippen LogP contribution is -2.31. The minimum absolute atomic E-state index is 0.0608. The normalized spacial score (nSPS) is 16.6. The van der Waals surface area contributed by atoms with Crippen LogP contribution >= 0.6 is 0 Å². The third-order valence-electron chi connectivity index (χ3n) is 4.91. The second-order valence-electron chi connectivity index (χ2n) is 7.19. The van der Waals surface area contributed by atoms with Gasteiger partial charge in [-0.3, -0.25) is 10.2 Å². The zero-order chi connectivity index (χ0) is 20.8. The fraction of sp³-hybridized carbons (Fsp3) is 0.318. The van der Waals surface area contributed by atoms with Gasteiger partial charge in [0.15, 0.2) is 0 Å². The number of amides is 1. The summed E-state index contributed by atoms with van der Waals surface area (Å²) >= 11 is 0. The molecule has 1 atom stereocenters. The lowest BCUT2D eigenvalue weighted by Gasteiger charge is -2.19. The molecule has 1 amide bonds. The van der Waals surface area contributed by atoms with E-state index in [1.807, 2.05) is 31.2 Å². The molecule has 0 saturated heterocycles. The zero-order valence-electron chi connectivity index (χ0n) is 16.6. The predicted octanol–water partition coefficient (Wildman–Crippen LogP) is 3.75. The SMILES string of the molecule is CCCCc1c(O)ccc(/C=N\Nc2ccc(C3=NNC(=O)CC3C)cc2)c1O. The highest BCUT2D eigenvalue weighted by Gasteiger charge is 2.21. The van der Waals surface area contributed by atoms with Crippen LogP contribution in [0.2, 0.25) is 0 Å². The van der Waals surface area contributed by atoms with Crippen LogP contribution in [0.15, 0.2) is 46.6 Å². The van der Waals surface area contributed by atoms with Crippen molar-refractivity contribution in [3.05, 3.63) is 53.1 Å². The number of hydrogen-bond donors (Lipinski definition) is 4. The molecule has 0 spiro atoms. The van der Waals surface area contributed by atoms with E-state index >= 15 is 0 Å². The maximum absolute atomic E-state index is 11.4. The summed E-state index contributed by atoms with van der Waals surface area (Å²) in [5, 5.41) is 28.7. The minimum atomic E-state index is -0.0655. The molecule has 7 nitrogen and oxygen atoms in total. The highest BCUT2D eigenvalue weighted by atomic mass is 16.3. The van der Waals surface area contributed by atoms with E-state index in [0.717, 1.165) is 29.8 Å². The highest BCUT2D eigenvalue weighted by Crippen LogP contribution is 2.31. The number of aromatic hydroxyl groups is 2. The summed E-state index contributed by atoms with van der Waals surface area (Å²) in [6.45, 7) is 4.04. The van der Waals surface area contributed by atoms with Gasteiger partial charge in [-0.05, 0) is 42.7 Å². The van der Waals surface area contributed by atoms with Gasteiger partial charge in [0, 0.05) is 23.5 Å². The second-order valence-corrected chi connectivity index (χ2v) is 7.19. The number of benzene rings is 2. The molecule has 0 fully saturated rings. The molecular formula is C22H26N4O3. The van der Waals surface area contributed by atoms with Crippen LogP contribution in [0.1, 0.15) is 49.8 Å². The number of hydrogen-bond acceptors (Lipinski definition) is 6. The number of anilines is 1. The smallest absolute Gasteiger partial charge is 0.240 e. The van der Waals surface area contributed by atoms with Crippen molar-refractivity contribution in [3.63, 3.8) is 0 Å².